The first kappa shape index (κ1) is 17.2. The average molecular weight is 378 g/mol. The molecular weight excluding hydrogens is 360 g/mol. The quantitative estimate of drug-likeness (QED) is 0.534. The molecule has 0 unspecified atom stereocenters. The predicted molar refractivity (Wildman–Crippen MR) is 109 cm³/mol. The molecule has 0 aliphatic rings. The molecule has 0 aliphatic carbocycles. The molecule has 0 bridgehead atoms. The van der Waals surface area contributed by atoms with Crippen molar-refractivity contribution in [1.29, 1.82) is 0 Å². The maximum Gasteiger partial charge on any atom is 0.248 e. The van der Waals surface area contributed by atoms with Crippen molar-refractivity contribution < 1.29 is 9.53 Å². The fourth-order valence-corrected chi connectivity index (χ4v) is 3.76. The summed E-state index contributed by atoms with van der Waals surface area (Å²) in [6, 6.07) is 11.1. The molecule has 0 saturated carbocycles. The number of nitrogens with one attached hydrogen (secondary N) is 1. The molecule has 2 aromatic carbocycles. The summed E-state index contributed by atoms with van der Waals surface area (Å²) in [4.78, 5) is 20.5. The Morgan fingerprint density at radius 1 is 1.22 bits per heavy atom. The van der Waals surface area contributed by atoms with E-state index in [9.17, 15) is 4.79 Å². The number of carbonyl (C=O) groups is 1. The van der Waals surface area contributed by atoms with Crippen molar-refractivity contribution in [3.8, 4) is 5.75 Å². The van der Waals surface area contributed by atoms with E-state index < -0.39 is 5.91 Å². The van der Waals surface area contributed by atoms with Gasteiger partial charge in [0.15, 0.2) is 5.13 Å². The lowest BCUT2D eigenvalue weighted by Gasteiger charge is -2.15. The number of ether oxygens (including phenoxy) is 1. The first-order chi connectivity index (χ1) is 13.0. The molecule has 0 aliphatic heterocycles. The first-order valence-electron chi connectivity index (χ1n) is 8.52. The number of rotatable bonds is 5. The molecular formula is C20H18N4O2S. The van der Waals surface area contributed by atoms with E-state index in [4.69, 9.17) is 15.5 Å². The number of nitrogens with two attached hydrogens (primary N) is 1. The molecule has 2 aromatic heterocycles. The second-order valence-electron chi connectivity index (χ2n) is 6.39. The van der Waals surface area contributed by atoms with Crippen LogP contribution in [0.4, 0.5) is 10.8 Å². The van der Waals surface area contributed by atoms with Gasteiger partial charge in [0.1, 0.15) is 5.75 Å². The molecule has 0 fully saturated rings. The Kier molecular flexibility index (Phi) is 4.37. The summed E-state index contributed by atoms with van der Waals surface area (Å²) in [5, 5.41) is 6.09. The number of primary amides is 1. The lowest BCUT2D eigenvalue weighted by Crippen LogP contribution is -2.12. The predicted octanol–water partition coefficient (Wildman–Crippen LogP) is 4.47. The van der Waals surface area contributed by atoms with Crippen molar-refractivity contribution >= 4 is 49.1 Å². The summed E-state index contributed by atoms with van der Waals surface area (Å²) < 4.78 is 6.91. The number of hydrogen-bond acceptors (Lipinski definition) is 6. The maximum absolute atomic E-state index is 11.6. The first-order valence-corrected chi connectivity index (χ1v) is 9.34. The van der Waals surface area contributed by atoms with E-state index in [-0.39, 0.29) is 6.10 Å². The van der Waals surface area contributed by atoms with E-state index in [1.165, 1.54) is 11.3 Å². The van der Waals surface area contributed by atoms with Crippen molar-refractivity contribution in [3.63, 3.8) is 0 Å². The van der Waals surface area contributed by atoms with Crippen molar-refractivity contribution in [3.05, 3.63) is 54.4 Å². The number of carbonyl (C=O) groups excluding carboxylic acids is 1. The highest BCUT2D eigenvalue weighted by Gasteiger charge is 2.13. The van der Waals surface area contributed by atoms with E-state index in [2.05, 4.69) is 10.3 Å². The molecule has 2 heterocycles. The fourth-order valence-electron chi connectivity index (χ4n) is 2.86. The third-order valence-corrected chi connectivity index (χ3v) is 4.98. The monoisotopic (exact) mass is 378 g/mol. The van der Waals surface area contributed by atoms with Gasteiger partial charge in [0.05, 0.1) is 22.0 Å². The van der Waals surface area contributed by atoms with Gasteiger partial charge < -0.3 is 15.8 Å². The lowest BCUT2D eigenvalue weighted by atomic mass is 10.1. The van der Waals surface area contributed by atoms with Crippen molar-refractivity contribution in [2.45, 2.75) is 20.0 Å². The number of amides is 1. The molecule has 3 N–H and O–H groups in total. The number of aromatic nitrogens is 2. The molecule has 0 radical (unpaired) electrons. The molecule has 4 aromatic rings. The molecule has 0 spiro atoms. The molecule has 0 atom stereocenters. The molecule has 136 valence electrons. The van der Waals surface area contributed by atoms with Gasteiger partial charge in [0.25, 0.3) is 0 Å². The summed E-state index contributed by atoms with van der Waals surface area (Å²) in [7, 11) is 0. The summed E-state index contributed by atoms with van der Waals surface area (Å²) in [5.74, 6) is 0.153. The zero-order chi connectivity index (χ0) is 19.0. The van der Waals surface area contributed by atoms with Gasteiger partial charge in [0.2, 0.25) is 5.91 Å². The standard InChI is InChI=1S/C20H18N4O2S/c1-11(2)26-16-5-3-12(19(21)25)9-15(16)23-20-24-18-14-7-8-22-10-13(14)4-6-17(18)27-20/h3-11H,1-2H3,(H2,21,25)(H,23,24). The smallest absolute Gasteiger partial charge is 0.248 e. The van der Waals surface area contributed by atoms with Gasteiger partial charge in [-0.05, 0) is 44.2 Å². The summed E-state index contributed by atoms with van der Waals surface area (Å²) in [6.45, 7) is 3.90. The van der Waals surface area contributed by atoms with Gasteiger partial charge in [-0.15, -0.1) is 0 Å². The number of hydrogen-bond donors (Lipinski definition) is 2. The van der Waals surface area contributed by atoms with Crippen LogP contribution in [0.1, 0.15) is 24.2 Å². The highest BCUT2D eigenvalue weighted by atomic mass is 32.1. The van der Waals surface area contributed by atoms with Gasteiger partial charge in [-0.1, -0.05) is 17.4 Å². The number of thiazole rings is 1. The molecule has 0 saturated heterocycles. The van der Waals surface area contributed by atoms with Gasteiger partial charge in [-0.25, -0.2) is 4.98 Å². The molecule has 6 nitrogen and oxygen atoms in total. The SMILES string of the molecule is CC(C)Oc1ccc(C(N)=O)cc1Nc1nc2c(ccc3cnccc32)s1. The van der Waals surface area contributed by atoms with E-state index >= 15 is 0 Å². The molecule has 27 heavy (non-hydrogen) atoms. The lowest BCUT2D eigenvalue weighted by molar-refractivity contribution is 0.100. The second-order valence-corrected chi connectivity index (χ2v) is 7.43. The van der Waals surface area contributed by atoms with Crippen LogP contribution in [0, 0.1) is 0 Å². The second kappa shape index (κ2) is 6.85. The van der Waals surface area contributed by atoms with E-state index in [1.807, 2.05) is 38.2 Å². The number of benzene rings is 2. The zero-order valence-corrected chi connectivity index (χ0v) is 15.7. The van der Waals surface area contributed by atoms with E-state index in [0.717, 1.165) is 21.0 Å². The third-order valence-electron chi connectivity index (χ3n) is 4.04. The van der Waals surface area contributed by atoms with Crippen molar-refractivity contribution in [1.82, 2.24) is 9.97 Å². The van der Waals surface area contributed by atoms with Crippen LogP contribution in [0.5, 0.6) is 5.75 Å². The van der Waals surface area contributed by atoms with Crippen LogP contribution in [0.2, 0.25) is 0 Å². The Morgan fingerprint density at radius 3 is 2.85 bits per heavy atom. The third kappa shape index (κ3) is 3.41. The molecule has 4 rings (SSSR count). The largest absolute Gasteiger partial charge is 0.489 e. The summed E-state index contributed by atoms with van der Waals surface area (Å²) >= 11 is 1.53. The Labute approximate surface area is 160 Å². The zero-order valence-electron chi connectivity index (χ0n) is 14.9. The van der Waals surface area contributed by atoms with Crippen LogP contribution in [0.15, 0.2) is 48.8 Å². The van der Waals surface area contributed by atoms with Gasteiger partial charge >= 0.3 is 0 Å². The number of fused-ring (bicyclic) bond motifs is 3. The van der Waals surface area contributed by atoms with Crippen LogP contribution >= 0.6 is 11.3 Å². The number of nitrogens with zero attached hydrogens (tertiary/aromatic N) is 2. The Balaban J connectivity index is 1.77. The average Bonchev–Trinajstić information content (AvgIpc) is 3.05. The van der Waals surface area contributed by atoms with Crippen LogP contribution < -0.4 is 15.8 Å². The highest BCUT2D eigenvalue weighted by molar-refractivity contribution is 7.22. The Morgan fingerprint density at radius 2 is 2.07 bits per heavy atom. The van der Waals surface area contributed by atoms with E-state index in [0.29, 0.717) is 22.1 Å². The Bertz CT molecular complexity index is 1150. The van der Waals surface area contributed by atoms with Gasteiger partial charge in [0, 0.05) is 28.7 Å². The van der Waals surface area contributed by atoms with Crippen molar-refractivity contribution in [2.75, 3.05) is 5.32 Å². The minimum Gasteiger partial charge on any atom is -0.489 e. The van der Waals surface area contributed by atoms with Gasteiger partial charge in [-0.2, -0.15) is 0 Å². The maximum atomic E-state index is 11.6. The normalized spacial score (nSPS) is 11.2. The minimum absolute atomic E-state index is 0.00297. The fraction of sp³-hybridized carbons (Fsp3) is 0.150. The molecule has 1 amide bonds. The van der Waals surface area contributed by atoms with Crippen LogP contribution in [0.25, 0.3) is 21.0 Å². The van der Waals surface area contributed by atoms with Crippen LogP contribution in [-0.2, 0) is 0 Å². The Hall–Kier alpha value is -3.19. The highest BCUT2D eigenvalue weighted by Crippen LogP contribution is 2.35. The minimum atomic E-state index is -0.489. The van der Waals surface area contributed by atoms with Crippen molar-refractivity contribution in [2.24, 2.45) is 5.73 Å². The topological polar surface area (TPSA) is 90.1 Å². The number of anilines is 2. The number of pyridine rings is 1. The van der Waals surface area contributed by atoms with Gasteiger partial charge in [-0.3, -0.25) is 9.78 Å². The molecule has 7 heteroatoms. The van der Waals surface area contributed by atoms with Crippen LogP contribution in [-0.4, -0.2) is 22.0 Å². The van der Waals surface area contributed by atoms with Crippen LogP contribution in [0.3, 0.4) is 0 Å². The van der Waals surface area contributed by atoms with E-state index in [1.54, 1.807) is 24.4 Å². The summed E-state index contributed by atoms with van der Waals surface area (Å²) in [5.41, 5.74) is 7.41. The summed E-state index contributed by atoms with van der Waals surface area (Å²) in [6.07, 6.45) is 3.59.